The van der Waals surface area contributed by atoms with Crippen LogP contribution >= 0.6 is 15.9 Å². The molecule has 0 saturated carbocycles. The van der Waals surface area contributed by atoms with Crippen LogP contribution in [0.15, 0.2) is 34.5 Å². The van der Waals surface area contributed by atoms with Crippen molar-refractivity contribution in [1.29, 1.82) is 0 Å². The number of esters is 1. The smallest absolute Gasteiger partial charge is 0.338 e. The highest BCUT2D eigenvalue weighted by molar-refractivity contribution is 9.10. The number of ether oxygens (including phenoxy) is 2. The number of benzene rings is 1. The molecule has 0 aromatic heterocycles. The number of halogens is 2. The number of carbonyl (C=O) groups excluding carboxylic acids is 1. The van der Waals surface area contributed by atoms with Crippen molar-refractivity contribution in [2.75, 3.05) is 13.2 Å². The average Bonchev–Trinajstić information content (AvgIpc) is 2.36. The summed E-state index contributed by atoms with van der Waals surface area (Å²) in [5.41, 5.74) is 0.179. The molecule has 0 spiro atoms. The van der Waals surface area contributed by atoms with E-state index in [2.05, 4.69) is 15.9 Å². The molecule has 0 N–H and O–H groups in total. The van der Waals surface area contributed by atoms with E-state index in [9.17, 15) is 9.18 Å². The van der Waals surface area contributed by atoms with Gasteiger partial charge in [-0.2, -0.15) is 0 Å². The molecule has 2 rings (SSSR count). The Bertz CT molecular complexity index is 465. The first-order valence-corrected chi connectivity index (χ1v) is 6.39. The van der Waals surface area contributed by atoms with Crippen LogP contribution in [0.25, 0.3) is 0 Å². The molecule has 1 aliphatic rings. The molecule has 0 bridgehead atoms. The van der Waals surface area contributed by atoms with Crippen molar-refractivity contribution in [3.8, 4) is 0 Å². The zero-order valence-corrected chi connectivity index (χ0v) is 11.2. The van der Waals surface area contributed by atoms with Crippen molar-refractivity contribution in [3.63, 3.8) is 0 Å². The first-order valence-electron chi connectivity index (χ1n) is 5.60. The monoisotopic (exact) mass is 314 g/mol. The van der Waals surface area contributed by atoms with Gasteiger partial charge < -0.3 is 9.47 Å². The Morgan fingerprint density at radius 3 is 2.94 bits per heavy atom. The van der Waals surface area contributed by atoms with Gasteiger partial charge >= 0.3 is 5.97 Å². The molecule has 0 unspecified atom stereocenters. The Balaban J connectivity index is 1.97. The van der Waals surface area contributed by atoms with Crippen molar-refractivity contribution in [2.45, 2.75) is 12.8 Å². The first kappa shape index (κ1) is 13.1. The summed E-state index contributed by atoms with van der Waals surface area (Å²) in [6, 6.07) is 3.94. The number of allylic oxidation sites excluding steroid dienone is 1. The number of carbonyl (C=O) groups is 1. The van der Waals surface area contributed by atoms with Crippen LogP contribution in [0.1, 0.15) is 23.2 Å². The Kier molecular flexibility index (Phi) is 4.36. The van der Waals surface area contributed by atoms with Crippen LogP contribution in [-0.4, -0.2) is 19.2 Å². The third-order valence-electron chi connectivity index (χ3n) is 2.45. The average molecular weight is 315 g/mol. The minimum absolute atomic E-state index is 0.0902. The molecule has 0 saturated heterocycles. The summed E-state index contributed by atoms with van der Waals surface area (Å²) in [4.78, 5) is 11.7. The van der Waals surface area contributed by atoms with Gasteiger partial charge in [0.2, 0.25) is 0 Å². The Morgan fingerprint density at radius 1 is 1.44 bits per heavy atom. The van der Waals surface area contributed by atoms with Crippen LogP contribution in [0.4, 0.5) is 4.39 Å². The van der Waals surface area contributed by atoms with Gasteiger partial charge in [0.15, 0.2) is 0 Å². The second-order valence-electron chi connectivity index (χ2n) is 3.90. The molecule has 1 aliphatic heterocycles. The topological polar surface area (TPSA) is 35.5 Å². The zero-order chi connectivity index (χ0) is 13.0. The van der Waals surface area contributed by atoms with Crippen LogP contribution in [0.5, 0.6) is 0 Å². The van der Waals surface area contributed by atoms with Gasteiger partial charge in [-0.05, 0) is 37.1 Å². The second-order valence-corrected chi connectivity index (χ2v) is 4.81. The summed E-state index contributed by atoms with van der Waals surface area (Å²) in [5.74, 6) is -0.389. The largest absolute Gasteiger partial charge is 0.495 e. The molecule has 0 fully saturated rings. The molecule has 0 atom stereocenters. The molecule has 18 heavy (non-hydrogen) atoms. The summed E-state index contributed by atoms with van der Waals surface area (Å²) < 4.78 is 24.0. The minimum Gasteiger partial charge on any atom is -0.495 e. The predicted octanol–water partition coefficient (Wildman–Crippen LogP) is 3.44. The van der Waals surface area contributed by atoms with Gasteiger partial charge in [0.25, 0.3) is 0 Å². The quantitative estimate of drug-likeness (QED) is 0.802. The maximum atomic E-state index is 13.1. The zero-order valence-electron chi connectivity index (χ0n) is 9.62. The summed E-state index contributed by atoms with van der Waals surface area (Å²) in [7, 11) is 0. The molecule has 0 radical (unpaired) electrons. The Morgan fingerprint density at radius 2 is 2.28 bits per heavy atom. The van der Waals surface area contributed by atoms with Gasteiger partial charge in [-0.1, -0.05) is 15.9 Å². The Labute approximate surface area is 113 Å². The first-order chi connectivity index (χ1) is 8.65. The van der Waals surface area contributed by atoms with Crippen molar-refractivity contribution >= 4 is 21.9 Å². The molecule has 1 aromatic rings. The van der Waals surface area contributed by atoms with E-state index in [1.165, 1.54) is 12.1 Å². The van der Waals surface area contributed by atoms with Crippen LogP contribution in [0.2, 0.25) is 0 Å². The van der Waals surface area contributed by atoms with Crippen LogP contribution < -0.4 is 0 Å². The molecule has 3 nitrogen and oxygen atoms in total. The van der Waals surface area contributed by atoms with E-state index >= 15 is 0 Å². The minimum atomic E-state index is -0.565. The van der Waals surface area contributed by atoms with E-state index in [-0.39, 0.29) is 12.2 Å². The van der Waals surface area contributed by atoms with Crippen molar-refractivity contribution in [1.82, 2.24) is 0 Å². The van der Waals surface area contributed by atoms with Gasteiger partial charge in [-0.25, -0.2) is 9.18 Å². The maximum Gasteiger partial charge on any atom is 0.338 e. The molecule has 96 valence electrons. The highest BCUT2D eigenvalue weighted by atomic mass is 79.9. The van der Waals surface area contributed by atoms with Crippen LogP contribution in [0.3, 0.4) is 0 Å². The third kappa shape index (κ3) is 3.57. The van der Waals surface area contributed by atoms with E-state index < -0.39 is 11.8 Å². The van der Waals surface area contributed by atoms with Gasteiger partial charge in [-0.15, -0.1) is 0 Å². The predicted molar refractivity (Wildman–Crippen MR) is 67.7 cm³/mol. The van der Waals surface area contributed by atoms with Crippen molar-refractivity contribution < 1.29 is 18.7 Å². The van der Waals surface area contributed by atoms with Crippen LogP contribution in [-0.2, 0) is 9.47 Å². The van der Waals surface area contributed by atoms with Gasteiger partial charge in [-0.3, -0.25) is 0 Å². The number of hydrogen-bond donors (Lipinski definition) is 0. The van der Waals surface area contributed by atoms with E-state index in [1.54, 1.807) is 0 Å². The lowest BCUT2D eigenvalue weighted by Crippen LogP contribution is -2.12. The highest BCUT2D eigenvalue weighted by Crippen LogP contribution is 2.16. The van der Waals surface area contributed by atoms with Crippen molar-refractivity contribution in [3.05, 3.63) is 45.9 Å². The molecular weight excluding hydrogens is 303 g/mol. The van der Waals surface area contributed by atoms with Gasteiger partial charge in [0.1, 0.15) is 18.2 Å². The standard InChI is InChI=1S/C13H12BrFO3/c14-10-5-9(6-11(15)7-10)13(16)18-8-12-3-1-2-4-17-12/h3,5-7H,1-2,4,8H2. The molecule has 1 heterocycles. The molecule has 0 aliphatic carbocycles. The lowest BCUT2D eigenvalue weighted by molar-refractivity contribution is 0.0450. The fourth-order valence-electron chi connectivity index (χ4n) is 1.60. The fraction of sp³-hybridized carbons (Fsp3) is 0.308. The molecule has 1 aromatic carbocycles. The summed E-state index contributed by atoms with van der Waals surface area (Å²) in [5, 5.41) is 0. The summed E-state index contributed by atoms with van der Waals surface area (Å²) >= 11 is 3.13. The van der Waals surface area contributed by atoms with Gasteiger partial charge in [0, 0.05) is 4.47 Å². The molecule has 0 amide bonds. The summed E-state index contributed by atoms with van der Waals surface area (Å²) in [6.45, 7) is 0.738. The molecular formula is C13H12BrFO3. The lowest BCUT2D eigenvalue weighted by Gasteiger charge is -2.14. The number of rotatable bonds is 3. The third-order valence-corrected chi connectivity index (χ3v) is 2.91. The lowest BCUT2D eigenvalue weighted by atomic mass is 10.2. The summed E-state index contributed by atoms with van der Waals surface area (Å²) in [6.07, 6.45) is 3.81. The normalized spacial score (nSPS) is 14.7. The van der Waals surface area contributed by atoms with Gasteiger partial charge in [0.05, 0.1) is 12.2 Å². The van der Waals surface area contributed by atoms with Crippen LogP contribution in [0, 0.1) is 5.82 Å². The van der Waals surface area contributed by atoms with E-state index in [4.69, 9.17) is 9.47 Å². The number of hydrogen-bond acceptors (Lipinski definition) is 3. The van der Waals surface area contributed by atoms with E-state index in [0.29, 0.717) is 16.8 Å². The van der Waals surface area contributed by atoms with E-state index in [0.717, 1.165) is 18.9 Å². The SMILES string of the molecule is O=C(OCC1=CCCCO1)c1cc(F)cc(Br)c1. The maximum absolute atomic E-state index is 13.1. The molecule has 5 heteroatoms. The highest BCUT2D eigenvalue weighted by Gasteiger charge is 2.12. The second kappa shape index (κ2) is 6.00. The fourth-order valence-corrected chi connectivity index (χ4v) is 2.07. The van der Waals surface area contributed by atoms with E-state index in [1.807, 2.05) is 6.08 Å². The van der Waals surface area contributed by atoms with Crippen molar-refractivity contribution in [2.24, 2.45) is 0 Å². The Hall–Kier alpha value is -1.36.